The van der Waals surface area contributed by atoms with E-state index in [2.05, 4.69) is 12.2 Å². The second-order valence-corrected chi connectivity index (χ2v) is 4.39. The molecule has 0 aliphatic heterocycles. The molecule has 0 aliphatic carbocycles. The summed E-state index contributed by atoms with van der Waals surface area (Å²) in [6.07, 6.45) is 3.05. The summed E-state index contributed by atoms with van der Waals surface area (Å²) in [5.74, 6) is 0. The van der Waals surface area contributed by atoms with Crippen LogP contribution in [-0.2, 0) is 0 Å². The lowest BCUT2D eigenvalue weighted by molar-refractivity contribution is 0.282. The lowest BCUT2D eigenvalue weighted by Gasteiger charge is -2.15. The third kappa shape index (κ3) is 4.52. The van der Waals surface area contributed by atoms with Gasteiger partial charge >= 0.3 is 0 Å². The van der Waals surface area contributed by atoms with Crippen molar-refractivity contribution in [1.82, 2.24) is 5.32 Å². The Bertz CT molecular complexity index is 304. The van der Waals surface area contributed by atoms with Crippen LogP contribution in [0.3, 0.4) is 0 Å². The highest BCUT2D eigenvalue weighted by Crippen LogP contribution is 2.21. The Labute approximate surface area is 103 Å². The van der Waals surface area contributed by atoms with E-state index in [1.807, 2.05) is 24.3 Å². The molecule has 90 valence electrons. The minimum atomic E-state index is 0.280. The standard InChI is InChI=1S/C13H20ClNO/c1-11(15-9-5-2-6-10-16)12-7-3-4-8-13(12)14/h3-4,7-8,11,15-16H,2,5-6,9-10H2,1H3/t11-/m1/s1. The first kappa shape index (κ1) is 13.5. The first-order valence-corrected chi connectivity index (χ1v) is 6.22. The van der Waals surface area contributed by atoms with Crippen molar-refractivity contribution in [2.75, 3.05) is 13.2 Å². The van der Waals surface area contributed by atoms with Gasteiger partial charge in [-0.25, -0.2) is 0 Å². The molecule has 0 fully saturated rings. The lowest BCUT2D eigenvalue weighted by Crippen LogP contribution is -2.20. The molecule has 2 N–H and O–H groups in total. The van der Waals surface area contributed by atoms with Gasteiger partial charge in [-0.3, -0.25) is 0 Å². The number of aliphatic hydroxyl groups excluding tert-OH is 1. The Morgan fingerprint density at radius 1 is 1.25 bits per heavy atom. The Kier molecular flexibility index (Phi) is 6.46. The number of hydrogen-bond acceptors (Lipinski definition) is 2. The van der Waals surface area contributed by atoms with Crippen LogP contribution in [0.1, 0.15) is 37.8 Å². The topological polar surface area (TPSA) is 32.3 Å². The molecule has 0 saturated heterocycles. The number of hydrogen-bond donors (Lipinski definition) is 2. The van der Waals surface area contributed by atoms with E-state index in [4.69, 9.17) is 16.7 Å². The number of benzene rings is 1. The fourth-order valence-electron chi connectivity index (χ4n) is 1.67. The highest BCUT2D eigenvalue weighted by atomic mass is 35.5. The second kappa shape index (κ2) is 7.66. The van der Waals surface area contributed by atoms with Crippen LogP contribution >= 0.6 is 11.6 Å². The fourth-order valence-corrected chi connectivity index (χ4v) is 1.97. The van der Waals surface area contributed by atoms with E-state index in [1.165, 1.54) is 0 Å². The van der Waals surface area contributed by atoms with Crippen LogP contribution in [-0.4, -0.2) is 18.3 Å². The predicted molar refractivity (Wildman–Crippen MR) is 68.8 cm³/mol. The minimum Gasteiger partial charge on any atom is -0.396 e. The van der Waals surface area contributed by atoms with Crippen LogP contribution in [0.2, 0.25) is 5.02 Å². The van der Waals surface area contributed by atoms with Gasteiger partial charge in [0.15, 0.2) is 0 Å². The van der Waals surface area contributed by atoms with Gasteiger partial charge < -0.3 is 10.4 Å². The zero-order valence-electron chi connectivity index (χ0n) is 9.75. The Morgan fingerprint density at radius 2 is 2.00 bits per heavy atom. The molecular weight excluding hydrogens is 222 g/mol. The average molecular weight is 242 g/mol. The van der Waals surface area contributed by atoms with Gasteiger partial charge in [0.25, 0.3) is 0 Å². The monoisotopic (exact) mass is 241 g/mol. The highest BCUT2D eigenvalue weighted by Gasteiger charge is 2.07. The molecule has 0 heterocycles. The largest absolute Gasteiger partial charge is 0.396 e. The van der Waals surface area contributed by atoms with Crippen molar-refractivity contribution in [1.29, 1.82) is 0 Å². The molecule has 0 spiro atoms. The molecule has 0 radical (unpaired) electrons. The Balaban J connectivity index is 2.30. The molecule has 0 saturated carbocycles. The Morgan fingerprint density at radius 3 is 2.69 bits per heavy atom. The fraction of sp³-hybridized carbons (Fsp3) is 0.538. The van der Waals surface area contributed by atoms with Gasteiger partial charge in [-0.15, -0.1) is 0 Å². The van der Waals surface area contributed by atoms with E-state index >= 15 is 0 Å². The normalized spacial score (nSPS) is 12.7. The van der Waals surface area contributed by atoms with Crippen LogP contribution in [0, 0.1) is 0 Å². The van der Waals surface area contributed by atoms with Crippen molar-refractivity contribution in [3.63, 3.8) is 0 Å². The van der Waals surface area contributed by atoms with Crippen molar-refractivity contribution < 1.29 is 5.11 Å². The summed E-state index contributed by atoms with van der Waals surface area (Å²) in [4.78, 5) is 0. The van der Waals surface area contributed by atoms with Crippen LogP contribution in [0.25, 0.3) is 0 Å². The highest BCUT2D eigenvalue weighted by molar-refractivity contribution is 6.31. The molecule has 0 unspecified atom stereocenters. The zero-order valence-corrected chi connectivity index (χ0v) is 10.5. The molecule has 1 aromatic carbocycles. The van der Waals surface area contributed by atoms with Crippen molar-refractivity contribution in [2.24, 2.45) is 0 Å². The van der Waals surface area contributed by atoms with E-state index in [1.54, 1.807) is 0 Å². The quantitative estimate of drug-likeness (QED) is 0.719. The summed E-state index contributed by atoms with van der Waals surface area (Å²) in [7, 11) is 0. The molecule has 0 aromatic heterocycles. The van der Waals surface area contributed by atoms with E-state index in [0.29, 0.717) is 6.61 Å². The first-order valence-electron chi connectivity index (χ1n) is 5.84. The maximum absolute atomic E-state index is 8.65. The minimum absolute atomic E-state index is 0.280. The van der Waals surface area contributed by atoms with Crippen molar-refractivity contribution in [3.8, 4) is 0 Å². The van der Waals surface area contributed by atoms with Crippen LogP contribution in [0.5, 0.6) is 0 Å². The number of rotatable bonds is 7. The van der Waals surface area contributed by atoms with Gasteiger partial charge in [0.2, 0.25) is 0 Å². The first-order chi connectivity index (χ1) is 7.75. The van der Waals surface area contributed by atoms with Gasteiger partial charge in [-0.05, 0) is 44.4 Å². The number of unbranched alkanes of at least 4 members (excludes halogenated alkanes) is 2. The van der Waals surface area contributed by atoms with Crippen molar-refractivity contribution in [2.45, 2.75) is 32.2 Å². The second-order valence-electron chi connectivity index (χ2n) is 3.98. The summed E-state index contributed by atoms with van der Waals surface area (Å²) >= 11 is 6.11. The molecule has 16 heavy (non-hydrogen) atoms. The average Bonchev–Trinajstić information content (AvgIpc) is 2.29. The summed E-state index contributed by atoms with van der Waals surface area (Å²) in [5, 5.41) is 12.9. The molecule has 3 heteroatoms. The van der Waals surface area contributed by atoms with E-state index in [-0.39, 0.29) is 6.04 Å². The van der Waals surface area contributed by atoms with Crippen LogP contribution in [0.4, 0.5) is 0 Å². The maximum Gasteiger partial charge on any atom is 0.0453 e. The third-order valence-electron chi connectivity index (χ3n) is 2.66. The summed E-state index contributed by atoms with van der Waals surface area (Å²) in [6.45, 7) is 3.37. The molecule has 0 bridgehead atoms. The molecule has 1 rings (SSSR count). The molecule has 1 atom stereocenters. The molecule has 0 aliphatic rings. The third-order valence-corrected chi connectivity index (χ3v) is 3.00. The van der Waals surface area contributed by atoms with Crippen molar-refractivity contribution >= 4 is 11.6 Å². The molecule has 2 nitrogen and oxygen atoms in total. The molecule has 0 amide bonds. The Hall–Kier alpha value is -0.570. The summed E-state index contributed by atoms with van der Waals surface area (Å²) in [5.41, 5.74) is 1.14. The van der Waals surface area contributed by atoms with Gasteiger partial charge in [0.1, 0.15) is 0 Å². The van der Waals surface area contributed by atoms with Gasteiger partial charge in [0, 0.05) is 17.7 Å². The summed E-state index contributed by atoms with van der Waals surface area (Å²) in [6, 6.07) is 8.20. The number of halogens is 1. The zero-order chi connectivity index (χ0) is 11.8. The predicted octanol–water partition coefficient (Wildman–Crippen LogP) is 3.15. The van der Waals surface area contributed by atoms with E-state index < -0.39 is 0 Å². The van der Waals surface area contributed by atoms with Crippen molar-refractivity contribution in [3.05, 3.63) is 34.9 Å². The number of aliphatic hydroxyl groups is 1. The van der Waals surface area contributed by atoms with Gasteiger partial charge in [-0.2, -0.15) is 0 Å². The lowest BCUT2D eigenvalue weighted by atomic mass is 10.1. The van der Waals surface area contributed by atoms with Gasteiger partial charge in [0.05, 0.1) is 0 Å². The van der Waals surface area contributed by atoms with E-state index in [9.17, 15) is 0 Å². The number of nitrogens with one attached hydrogen (secondary N) is 1. The molecular formula is C13H20ClNO. The molecule has 1 aromatic rings. The van der Waals surface area contributed by atoms with Crippen LogP contribution in [0.15, 0.2) is 24.3 Å². The van der Waals surface area contributed by atoms with E-state index in [0.717, 1.165) is 36.4 Å². The van der Waals surface area contributed by atoms with Gasteiger partial charge in [-0.1, -0.05) is 29.8 Å². The smallest absolute Gasteiger partial charge is 0.0453 e. The van der Waals surface area contributed by atoms with Crippen LogP contribution < -0.4 is 5.32 Å². The maximum atomic E-state index is 8.65. The summed E-state index contributed by atoms with van der Waals surface area (Å²) < 4.78 is 0. The SMILES string of the molecule is C[C@@H](NCCCCCO)c1ccccc1Cl.